The molecule has 0 bridgehead atoms. The lowest BCUT2D eigenvalue weighted by molar-refractivity contribution is 0.196. The number of rotatable bonds is 6. The van der Waals surface area contributed by atoms with Crippen LogP contribution in [0.3, 0.4) is 0 Å². The van der Waals surface area contributed by atoms with Gasteiger partial charge in [-0.2, -0.15) is 5.26 Å². The number of nitrogens with one attached hydrogen (secondary N) is 1. The zero-order chi connectivity index (χ0) is 13.6. The second kappa shape index (κ2) is 6.35. The largest absolute Gasteiger partial charge is 0.399 e. The predicted molar refractivity (Wildman–Crippen MR) is 67.3 cm³/mol. The summed E-state index contributed by atoms with van der Waals surface area (Å²) in [6.45, 7) is 0.723. The number of benzene rings is 1. The maximum absolute atomic E-state index is 11.9. The van der Waals surface area contributed by atoms with Gasteiger partial charge in [-0.3, -0.25) is 0 Å². The molecule has 0 atom stereocenters. The van der Waals surface area contributed by atoms with Gasteiger partial charge in [-0.1, -0.05) is 0 Å². The molecule has 0 saturated heterocycles. The second-order valence-corrected chi connectivity index (χ2v) is 5.35. The van der Waals surface area contributed by atoms with E-state index >= 15 is 0 Å². The van der Waals surface area contributed by atoms with Gasteiger partial charge in [0.25, 0.3) is 0 Å². The van der Waals surface area contributed by atoms with Crippen molar-refractivity contribution in [3.8, 4) is 6.07 Å². The minimum absolute atomic E-state index is 0.0363. The van der Waals surface area contributed by atoms with Gasteiger partial charge in [0, 0.05) is 25.9 Å². The fourth-order valence-corrected chi connectivity index (χ4v) is 2.58. The number of methoxy groups -OCH3 is 1. The third-order valence-electron chi connectivity index (χ3n) is 2.23. The van der Waals surface area contributed by atoms with Crippen molar-refractivity contribution in [2.45, 2.75) is 11.3 Å². The van der Waals surface area contributed by atoms with Gasteiger partial charge in [-0.25, -0.2) is 13.1 Å². The summed E-state index contributed by atoms with van der Waals surface area (Å²) < 4.78 is 31.1. The van der Waals surface area contributed by atoms with Crippen LogP contribution in [0.15, 0.2) is 23.1 Å². The number of nitrogens with zero attached hydrogens (tertiary/aromatic N) is 1. The van der Waals surface area contributed by atoms with E-state index in [1.807, 2.05) is 6.07 Å². The third-order valence-corrected chi connectivity index (χ3v) is 3.75. The Hall–Kier alpha value is -1.62. The number of hydrogen-bond donors (Lipinski definition) is 2. The molecule has 0 saturated carbocycles. The van der Waals surface area contributed by atoms with E-state index in [1.54, 1.807) is 7.11 Å². The topological polar surface area (TPSA) is 105 Å². The summed E-state index contributed by atoms with van der Waals surface area (Å²) in [5, 5.41) is 8.90. The van der Waals surface area contributed by atoms with Gasteiger partial charge in [0.05, 0.1) is 10.5 Å². The smallest absolute Gasteiger partial charge is 0.241 e. The van der Waals surface area contributed by atoms with Crippen LogP contribution in [-0.2, 0) is 14.8 Å². The van der Waals surface area contributed by atoms with Crippen molar-refractivity contribution in [1.29, 1.82) is 5.26 Å². The van der Waals surface area contributed by atoms with Crippen molar-refractivity contribution in [1.82, 2.24) is 4.72 Å². The van der Waals surface area contributed by atoms with E-state index in [-0.39, 0.29) is 17.0 Å². The molecule has 3 N–H and O–H groups in total. The average Bonchev–Trinajstić information content (AvgIpc) is 2.34. The fraction of sp³-hybridized carbons (Fsp3) is 0.364. The van der Waals surface area contributed by atoms with E-state index in [0.29, 0.717) is 18.7 Å². The lowest BCUT2D eigenvalue weighted by Crippen LogP contribution is -2.26. The van der Waals surface area contributed by atoms with Gasteiger partial charge in [0.2, 0.25) is 10.0 Å². The maximum Gasteiger partial charge on any atom is 0.241 e. The van der Waals surface area contributed by atoms with Crippen LogP contribution in [0.2, 0.25) is 0 Å². The Kier molecular flexibility index (Phi) is 5.09. The van der Waals surface area contributed by atoms with Gasteiger partial charge >= 0.3 is 0 Å². The van der Waals surface area contributed by atoms with Gasteiger partial charge < -0.3 is 10.5 Å². The first-order chi connectivity index (χ1) is 8.51. The number of anilines is 1. The molecular weight excluding hydrogens is 254 g/mol. The van der Waals surface area contributed by atoms with Crippen molar-refractivity contribution in [2.75, 3.05) is 26.0 Å². The first kappa shape index (κ1) is 14.4. The molecular formula is C11H15N3O3S. The van der Waals surface area contributed by atoms with Crippen molar-refractivity contribution >= 4 is 15.7 Å². The van der Waals surface area contributed by atoms with E-state index in [2.05, 4.69) is 4.72 Å². The molecule has 0 aliphatic heterocycles. The average molecular weight is 269 g/mol. The Bertz CT molecular complexity index is 549. The molecule has 0 fully saturated rings. The van der Waals surface area contributed by atoms with Crippen LogP contribution in [-0.4, -0.2) is 28.7 Å². The SMILES string of the molecule is COCCCNS(=O)(=O)c1ccc(N)cc1C#N. The maximum atomic E-state index is 11.9. The highest BCUT2D eigenvalue weighted by Gasteiger charge is 2.17. The monoisotopic (exact) mass is 269 g/mol. The molecule has 0 heterocycles. The molecule has 0 amide bonds. The number of nitrogens with two attached hydrogens (primary N) is 1. The minimum atomic E-state index is -3.68. The minimum Gasteiger partial charge on any atom is -0.399 e. The third kappa shape index (κ3) is 3.70. The van der Waals surface area contributed by atoms with Crippen molar-refractivity contribution in [3.63, 3.8) is 0 Å². The predicted octanol–water partition coefficient (Wildman–Crippen LogP) is 0.455. The molecule has 1 rings (SSSR count). The quantitative estimate of drug-likeness (QED) is 0.576. The highest BCUT2D eigenvalue weighted by Crippen LogP contribution is 2.17. The number of hydrogen-bond acceptors (Lipinski definition) is 5. The summed E-state index contributed by atoms with van der Waals surface area (Å²) in [6.07, 6.45) is 0.562. The van der Waals surface area contributed by atoms with Crippen molar-refractivity contribution in [3.05, 3.63) is 23.8 Å². The van der Waals surface area contributed by atoms with Gasteiger partial charge in [-0.05, 0) is 24.6 Å². The van der Waals surface area contributed by atoms with Gasteiger partial charge in [0.15, 0.2) is 0 Å². The van der Waals surface area contributed by atoms with Crippen LogP contribution >= 0.6 is 0 Å². The number of nitriles is 1. The molecule has 1 aromatic rings. The van der Waals surface area contributed by atoms with E-state index in [1.165, 1.54) is 18.2 Å². The Morgan fingerprint density at radius 3 is 2.83 bits per heavy atom. The van der Waals surface area contributed by atoms with E-state index in [0.717, 1.165) is 0 Å². The Morgan fingerprint density at radius 1 is 1.50 bits per heavy atom. The second-order valence-electron chi connectivity index (χ2n) is 3.61. The van der Waals surface area contributed by atoms with Crippen LogP contribution in [0, 0.1) is 11.3 Å². The van der Waals surface area contributed by atoms with E-state index in [4.69, 9.17) is 15.7 Å². The number of ether oxygens (including phenoxy) is 1. The summed E-state index contributed by atoms with van der Waals surface area (Å²) in [5.74, 6) is 0. The summed E-state index contributed by atoms with van der Waals surface area (Å²) >= 11 is 0. The molecule has 0 aliphatic carbocycles. The van der Waals surface area contributed by atoms with Crippen molar-refractivity contribution in [2.24, 2.45) is 0 Å². The summed E-state index contributed by atoms with van der Waals surface area (Å²) in [7, 11) is -2.14. The lowest BCUT2D eigenvalue weighted by atomic mass is 10.2. The molecule has 98 valence electrons. The van der Waals surface area contributed by atoms with Gasteiger partial charge in [0.1, 0.15) is 6.07 Å². The molecule has 7 heteroatoms. The molecule has 0 radical (unpaired) electrons. The zero-order valence-corrected chi connectivity index (χ0v) is 10.8. The van der Waals surface area contributed by atoms with Crippen LogP contribution in [0.5, 0.6) is 0 Å². The standard InChI is InChI=1S/C11H15N3O3S/c1-17-6-2-5-14-18(15,16)11-4-3-10(13)7-9(11)8-12/h3-4,7,14H,2,5-6,13H2,1H3. The molecule has 6 nitrogen and oxygen atoms in total. The van der Waals surface area contributed by atoms with Crippen LogP contribution in [0.1, 0.15) is 12.0 Å². The van der Waals surface area contributed by atoms with Crippen LogP contribution < -0.4 is 10.5 Å². The normalized spacial score (nSPS) is 11.1. The lowest BCUT2D eigenvalue weighted by Gasteiger charge is -2.08. The highest BCUT2D eigenvalue weighted by molar-refractivity contribution is 7.89. The van der Waals surface area contributed by atoms with Crippen LogP contribution in [0.4, 0.5) is 5.69 Å². The van der Waals surface area contributed by atoms with E-state index < -0.39 is 10.0 Å². The molecule has 18 heavy (non-hydrogen) atoms. The van der Waals surface area contributed by atoms with Crippen LogP contribution in [0.25, 0.3) is 0 Å². The molecule has 1 aromatic carbocycles. The molecule has 0 aromatic heterocycles. The Balaban J connectivity index is 2.89. The summed E-state index contributed by atoms with van der Waals surface area (Å²) in [5.41, 5.74) is 5.89. The van der Waals surface area contributed by atoms with Crippen molar-refractivity contribution < 1.29 is 13.2 Å². The molecule has 0 aliphatic rings. The Labute approximate surface area is 106 Å². The zero-order valence-electron chi connectivity index (χ0n) is 10.0. The highest BCUT2D eigenvalue weighted by atomic mass is 32.2. The van der Waals surface area contributed by atoms with E-state index in [9.17, 15) is 8.42 Å². The summed E-state index contributed by atoms with van der Waals surface area (Å²) in [4.78, 5) is -0.0587. The first-order valence-electron chi connectivity index (χ1n) is 5.29. The summed E-state index contributed by atoms with van der Waals surface area (Å²) in [6, 6.07) is 5.93. The first-order valence-corrected chi connectivity index (χ1v) is 6.78. The molecule has 0 unspecified atom stereocenters. The number of sulfonamides is 1. The fourth-order valence-electron chi connectivity index (χ4n) is 1.37. The van der Waals surface area contributed by atoms with Gasteiger partial charge in [-0.15, -0.1) is 0 Å². The Morgan fingerprint density at radius 2 is 2.22 bits per heavy atom. The molecule has 0 spiro atoms. The number of nitrogen functional groups attached to an aromatic ring is 1.